The van der Waals surface area contributed by atoms with Gasteiger partial charge in [-0.1, -0.05) is 95.2 Å². The van der Waals surface area contributed by atoms with Gasteiger partial charge in [0.25, 0.3) is 0 Å². The number of carbonyl (C=O) groups is 12. The highest BCUT2D eigenvalue weighted by atomic mass is 16.6. The van der Waals surface area contributed by atoms with Crippen molar-refractivity contribution >= 4 is 71.1 Å². The van der Waals surface area contributed by atoms with E-state index < -0.39 is 174 Å². The molecule has 0 aromatic carbocycles. The van der Waals surface area contributed by atoms with E-state index in [1.165, 1.54) is 75.7 Å². The van der Waals surface area contributed by atoms with Gasteiger partial charge in [-0.2, -0.15) is 0 Å². The van der Waals surface area contributed by atoms with Crippen LogP contribution in [-0.4, -0.2) is 281 Å². The first-order chi connectivity index (χ1) is 43.8. The fraction of sp³-hybridized carbons (Fsp3) is 0.788. The van der Waals surface area contributed by atoms with E-state index in [2.05, 4.69) is 26.6 Å². The van der Waals surface area contributed by atoms with E-state index in [0.29, 0.717) is 26.2 Å². The van der Waals surface area contributed by atoms with Crippen molar-refractivity contribution in [3.63, 3.8) is 0 Å². The highest BCUT2D eigenvalue weighted by Gasteiger charge is 2.49. The number of rotatable bonds is 15. The molecular formula is C66H115N13O15. The van der Waals surface area contributed by atoms with Crippen LogP contribution in [0.3, 0.4) is 0 Å². The van der Waals surface area contributed by atoms with Crippen molar-refractivity contribution < 1.29 is 72.5 Å². The molecule has 3 aliphatic rings. The third kappa shape index (κ3) is 21.0. The Morgan fingerprint density at radius 3 is 1.53 bits per heavy atom. The number of nitrogens with zero attached hydrogens (tertiary/aromatic N) is 8. The fourth-order valence-electron chi connectivity index (χ4n) is 12.4. The molecule has 1 unspecified atom stereocenters. The maximum absolute atomic E-state index is 15.4. The molecule has 7 N–H and O–H groups in total. The molecule has 0 spiro atoms. The summed E-state index contributed by atoms with van der Waals surface area (Å²) in [5.41, 5.74) is 0. The number of hydrogen-bond acceptors (Lipinski definition) is 16. The molecular weight excluding hydrogens is 1210 g/mol. The summed E-state index contributed by atoms with van der Waals surface area (Å²) in [6.45, 7) is 25.9. The van der Waals surface area contributed by atoms with Crippen LogP contribution in [0.25, 0.3) is 0 Å². The van der Waals surface area contributed by atoms with Crippen LogP contribution in [0.2, 0.25) is 0 Å². The molecule has 3 fully saturated rings. The number of hydrogen-bond donors (Lipinski definition) is 7. The zero-order valence-electron chi connectivity index (χ0n) is 59.9. The molecule has 0 aromatic heterocycles. The fourth-order valence-corrected chi connectivity index (χ4v) is 12.4. The van der Waals surface area contributed by atoms with E-state index in [-0.39, 0.29) is 62.8 Å². The number of aliphatic hydroxyl groups excluding tert-OH is 2. The lowest BCUT2D eigenvalue weighted by atomic mass is 9.91. The largest absolute Gasteiger partial charge is 0.444 e. The van der Waals surface area contributed by atoms with Gasteiger partial charge in [0.2, 0.25) is 65.0 Å². The number of likely N-dealkylation sites (N-methyl/N-ethyl adjacent to an activating group) is 6. The smallest absolute Gasteiger partial charge is 0.410 e. The number of fused-ring (bicyclic) bond motifs is 1. The Morgan fingerprint density at radius 2 is 1.03 bits per heavy atom. The minimum atomic E-state index is -1.72. The van der Waals surface area contributed by atoms with Crippen molar-refractivity contribution in [2.24, 2.45) is 35.5 Å². The van der Waals surface area contributed by atoms with Crippen molar-refractivity contribution in [1.82, 2.24) is 65.8 Å². The van der Waals surface area contributed by atoms with Crippen LogP contribution in [-0.2, 0) is 57.5 Å². The average molecular weight is 1330 g/mol. The SMILES string of the molecule is C/C=C/C[C@@H](C)[C@@H](O)[C@H]1C(=O)N[C@@H](CC)C(=O)N2CC(OC(=O)N3CCNCC3)C[C@@H]2C(=O)N(C)[C@@H](CO)C(=O)N[C@@H](C(C)C)C(=O)N(C)[C@@H](CC(C)C)C(=O)N[C@@H](C)C(=O)N[C@H](C)C(=O)N(C)[C@@H](CC(C)C)C(=O)N(C)[C@@H](CC(C)C)C(=O)N(C)[C@@H](C(C)C)C(=O)N1C. The van der Waals surface area contributed by atoms with Crippen molar-refractivity contribution in [2.75, 3.05) is 81.6 Å². The van der Waals surface area contributed by atoms with E-state index >= 15 is 28.8 Å². The molecule has 28 nitrogen and oxygen atoms in total. The van der Waals surface area contributed by atoms with Crippen LogP contribution < -0.4 is 26.6 Å². The summed E-state index contributed by atoms with van der Waals surface area (Å²) in [5, 5.41) is 37.2. The summed E-state index contributed by atoms with van der Waals surface area (Å²) in [5.74, 6) is -11.2. The third-order valence-electron chi connectivity index (χ3n) is 18.2. The summed E-state index contributed by atoms with van der Waals surface area (Å²) >= 11 is 0. The average Bonchev–Trinajstić information content (AvgIpc) is 1.25. The molecule has 534 valence electrons. The topological polar surface area (TPSA) is 341 Å². The van der Waals surface area contributed by atoms with E-state index in [1.54, 1.807) is 60.6 Å². The molecule has 94 heavy (non-hydrogen) atoms. The summed E-state index contributed by atoms with van der Waals surface area (Å²) < 4.78 is 5.96. The van der Waals surface area contributed by atoms with Gasteiger partial charge in [0, 0.05) is 74.9 Å². The molecule has 3 heterocycles. The number of aliphatic hydroxyl groups is 2. The van der Waals surface area contributed by atoms with Gasteiger partial charge >= 0.3 is 6.09 Å². The zero-order valence-corrected chi connectivity index (χ0v) is 59.9. The second kappa shape index (κ2) is 36.8. The van der Waals surface area contributed by atoms with Gasteiger partial charge in [0.1, 0.15) is 72.6 Å². The number of carbonyl (C=O) groups excluding carboxylic acids is 12. The van der Waals surface area contributed by atoms with E-state index in [4.69, 9.17) is 4.74 Å². The third-order valence-corrected chi connectivity index (χ3v) is 18.2. The Morgan fingerprint density at radius 1 is 0.553 bits per heavy atom. The molecule has 0 radical (unpaired) electrons. The molecule has 12 amide bonds. The molecule has 28 heteroatoms. The molecule has 0 aliphatic carbocycles. The van der Waals surface area contributed by atoms with Crippen molar-refractivity contribution in [3.05, 3.63) is 12.2 Å². The molecule has 3 aliphatic heterocycles. The molecule has 3 rings (SSSR count). The number of ether oxygens (including phenoxy) is 1. The first kappa shape index (κ1) is 81.3. The van der Waals surface area contributed by atoms with Crippen LogP contribution >= 0.6 is 0 Å². The van der Waals surface area contributed by atoms with Crippen LogP contribution in [0.15, 0.2) is 12.2 Å². The lowest BCUT2D eigenvalue weighted by Gasteiger charge is -2.41. The zero-order chi connectivity index (χ0) is 71.7. The highest BCUT2D eigenvalue weighted by Crippen LogP contribution is 2.28. The van der Waals surface area contributed by atoms with Crippen LogP contribution in [0.1, 0.15) is 142 Å². The second-order valence-corrected chi connectivity index (χ2v) is 27.9. The van der Waals surface area contributed by atoms with Crippen molar-refractivity contribution in [3.8, 4) is 0 Å². The molecule has 14 atom stereocenters. The van der Waals surface area contributed by atoms with E-state index in [9.17, 15) is 39.0 Å². The van der Waals surface area contributed by atoms with Gasteiger partial charge in [-0.15, -0.1) is 0 Å². The predicted molar refractivity (Wildman–Crippen MR) is 353 cm³/mol. The standard InChI is InChI=1S/C66H115N13O15/c1-22-24-25-41(13)54(81)53-58(85)70-45(23-2)60(87)79-34-44(94-66(93)78-28-26-67-27-29-78)33-49(79)63(90)75(19)50(35-80)57(84)71-51(39(9)10)64(91)72(16)46(30-36(3)4)56(83)68-42(14)55(82)69-43(15)59(86)73(17)47(31-37(5)6)61(88)74(18)48(32-38(7)8)62(89)76(20)52(40(11)12)65(92)77(53)21/h22,24,36-54,67,80-81H,23,25-35H2,1-21H3,(H,68,83)(H,69,82)(H,70,85)(H,71,84)/b24-22+/t41-,42+,43-,44?,45+,46+,47+,48+,49-,50+,51+,52+,53+,54-/m1/s1. The molecule has 0 bridgehead atoms. The monoisotopic (exact) mass is 1330 g/mol. The van der Waals surface area contributed by atoms with Gasteiger partial charge in [-0.3, -0.25) is 52.7 Å². The Labute approximate surface area is 557 Å². The number of piperazine rings is 1. The van der Waals surface area contributed by atoms with Crippen LogP contribution in [0.5, 0.6) is 0 Å². The number of nitrogens with one attached hydrogen (secondary N) is 5. The Kier molecular flexibility index (Phi) is 31.8. The summed E-state index contributed by atoms with van der Waals surface area (Å²) in [4.78, 5) is 186. The lowest BCUT2D eigenvalue weighted by molar-refractivity contribution is -0.157. The van der Waals surface area contributed by atoms with Crippen LogP contribution in [0, 0.1) is 35.5 Å². The van der Waals surface area contributed by atoms with E-state index in [0.717, 1.165) is 19.6 Å². The molecule has 3 saturated heterocycles. The highest BCUT2D eigenvalue weighted by molar-refractivity contribution is 6.00. The predicted octanol–water partition coefficient (Wildman–Crippen LogP) is 0.768. The van der Waals surface area contributed by atoms with Gasteiger partial charge in [-0.25, -0.2) is 4.79 Å². The Bertz CT molecular complexity index is 2670. The van der Waals surface area contributed by atoms with Gasteiger partial charge in [0.15, 0.2) is 0 Å². The number of allylic oxidation sites excluding steroid dienone is 2. The minimum absolute atomic E-state index is 0.0911. The number of amides is 12. The maximum Gasteiger partial charge on any atom is 0.410 e. The van der Waals surface area contributed by atoms with Crippen molar-refractivity contribution in [2.45, 2.75) is 221 Å². The molecule has 0 aromatic rings. The quantitative estimate of drug-likeness (QED) is 0.111. The minimum Gasteiger partial charge on any atom is -0.444 e. The van der Waals surface area contributed by atoms with Gasteiger partial charge in [0.05, 0.1) is 19.3 Å². The van der Waals surface area contributed by atoms with Gasteiger partial charge in [-0.05, 0) is 88.4 Å². The van der Waals surface area contributed by atoms with Crippen LogP contribution in [0.4, 0.5) is 4.79 Å². The second-order valence-electron chi connectivity index (χ2n) is 27.9. The van der Waals surface area contributed by atoms with Gasteiger partial charge < -0.3 is 80.7 Å². The van der Waals surface area contributed by atoms with E-state index in [1.807, 2.05) is 41.5 Å². The first-order valence-electron chi connectivity index (χ1n) is 33.5. The first-order valence-corrected chi connectivity index (χ1v) is 33.5. The lowest BCUT2D eigenvalue weighted by Crippen LogP contribution is -2.64. The summed E-state index contributed by atoms with van der Waals surface area (Å²) in [6.07, 6.45) is 0.334. The Balaban J connectivity index is 2.37. The Hall–Kier alpha value is -6.94. The summed E-state index contributed by atoms with van der Waals surface area (Å²) in [6, 6.07) is -15.2. The normalized spacial score (nSPS) is 28.5. The maximum atomic E-state index is 15.4. The summed E-state index contributed by atoms with van der Waals surface area (Å²) in [7, 11) is 8.18. The van der Waals surface area contributed by atoms with Crippen molar-refractivity contribution in [1.29, 1.82) is 0 Å². The molecule has 0 saturated carbocycles.